The monoisotopic (exact) mass is 703 g/mol. The van der Waals surface area contributed by atoms with Crippen LogP contribution < -0.4 is 4.90 Å². The van der Waals surface area contributed by atoms with Crippen LogP contribution in [-0.2, 0) is 24.6 Å². The molecular weight excluding hydrogens is 670 g/mol. The van der Waals surface area contributed by atoms with Crippen LogP contribution in [0.1, 0.15) is 41.0 Å². The van der Waals surface area contributed by atoms with Gasteiger partial charge in [-0.1, -0.05) is 120 Å². The van der Waals surface area contributed by atoms with E-state index in [4.69, 9.17) is 11.6 Å². The van der Waals surface area contributed by atoms with Crippen molar-refractivity contribution in [1.82, 2.24) is 0 Å². The third-order valence-electron chi connectivity index (χ3n) is 12.0. The number of hydrogen-bond donors (Lipinski definition) is 1. The van der Waals surface area contributed by atoms with E-state index in [2.05, 4.69) is 0 Å². The van der Waals surface area contributed by atoms with Crippen LogP contribution in [0, 0.1) is 30.6 Å². The Kier molecular flexibility index (Phi) is 7.46. The second kappa shape index (κ2) is 12.0. The number of allylic oxidation sites excluding steroid dienone is 4. The van der Waals surface area contributed by atoms with Crippen molar-refractivity contribution in [2.45, 2.75) is 31.1 Å². The minimum atomic E-state index is -1.44. The van der Waals surface area contributed by atoms with Crippen molar-refractivity contribution in [2.75, 3.05) is 4.90 Å². The van der Waals surface area contributed by atoms with Gasteiger partial charge in [-0.3, -0.25) is 19.2 Å². The van der Waals surface area contributed by atoms with Gasteiger partial charge in [0.1, 0.15) is 5.75 Å². The van der Waals surface area contributed by atoms with Crippen molar-refractivity contribution < 1.29 is 24.3 Å². The van der Waals surface area contributed by atoms with Crippen molar-refractivity contribution in [1.29, 1.82) is 0 Å². The molecule has 4 aliphatic rings. The molecule has 0 bridgehead atoms. The van der Waals surface area contributed by atoms with Gasteiger partial charge in [0, 0.05) is 28.0 Å². The normalized spacial score (nSPS) is 26.8. The summed E-state index contributed by atoms with van der Waals surface area (Å²) in [7, 11) is 0. The summed E-state index contributed by atoms with van der Waals surface area (Å²) in [5.74, 6) is -4.76. The molecule has 1 heterocycles. The number of benzene rings is 5. The van der Waals surface area contributed by atoms with E-state index in [-0.39, 0.29) is 42.0 Å². The molecule has 2 fully saturated rings. The largest absolute Gasteiger partial charge is 0.508 e. The van der Waals surface area contributed by atoms with Gasteiger partial charge in [-0.05, 0) is 77.4 Å². The van der Waals surface area contributed by atoms with Crippen molar-refractivity contribution in [3.05, 3.63) is 160 Å². The van der Waals surface area contributed by atoms with Crippen LogP contribution in [-0.4, -0.2) is 28.5 Å². The molecule has 9 rings (SSSR count). The highest BCUT2D eigenvalue weighted by Crippen LogP contribution is 2.65. The van der Waals surface area contributed by atoms with E-state index in [0.717, 1.165) is 21.9 Å². The quantitative estimate of drug-likeness (QED) is 0.150. The number of halogens is 1. The summed E-state index contributed by atoms with van der Waals surface area (Å²) < 4.78 is 0. The number of rotatable bonds is 4. The van der Waals surface area contributed by atoms with Gasteiger partial charge >= 0.3 is 0 Å². The summed E-state index contributed by atoms with van der Waals surface area (Å²) >= 11 is 6.49. The minimum absolute atomic E-state index is 0.00395. The average molecular weight is 704 g/mol. The van der Waals surface area contributed by atoms with Gasteiger partial charge in [-0.25, -0.2) is 4.90 Å². The summed E-state index contributed by atoms with van der Waals surface area (Å²) in [6.45, 7) is 1.86. The first-order chi connectivity index (χ1) is 25.2. The lowest BCUT2D eigenvalue weighted by Crippen LogP contribution is -2.58. The maximum Gasteiger partial charge on any atom is 0.238 e. The molecule has 0 spiro atoms. The number of aryl methyl sites for hydroxylation is 1. The molecular formula is C45H34ClNO5. The number of anilines is 1. The van der Waals surface area contributed by atoms with Crippen molar-refractivity contribution in [3.8, 4) is 5.75 Å². The maximum absolute atomic E-state index is 15.3. The topological polar surface area (TPSA) is 91.8 Å². The van der Waals surface area contributed by atoms with E-state index in [1.807, 2.05) is 104 Å². The molecule has 256 valence electrons. The van der Waals surface area contributed by atoms with Gasteiger partial charge in [0.15, 0.2) is 11.6 Å². The van der Waals surface area contributed by atoms with Crippen LogP contribution in [0.25, 0.3) is 16.3 Å². The molecule has 5 aromatic carbocycles. The lowest BCUT2D eigenvalue weighted by molar-refractivity contribution is -0.135. The van der Waals surface area contributed by atoms with Gasteiger partial charge in [0.2, 0.25) is 11.8 Å². The number of imide groups is 1. The predicted octanol–water partition coefficient (Wildman–Crippen LogP) is 8.54. The van der Waals surface area contributed by atoms with E-state index >= 15 is 9.59 Å². The number of amides is 2. The molecule has 3 aliphatic carbocycles. The van der Waals surface area contributed by atoms with E-state index in [0.29, 0.717) is 33.0 Å². The van der Waals surface area contributed by atoms with E-state index < -0.39 is 35.0 Å². The lowest BCUT2D eigenvalue weighted by atomic mass is 9.44. The van der Waals surface area contributed by atoms with Gasteiger partial charge in [0.05, 0.1) is 22.9 Å². The molecule has 0 radical (unpaired) electrons. The number of fused-ring (bicyclic) bond motifs is 5. The maximum atomic E-state index is 15.3. The third-order valence-corrected chi connectivity index (χ3v) is 12.4. The SMILES string of the molecule is Cc1ccc(N2C(=O)[C@H]3[C@H](CC=C4[C@H]3C[C@H]3C(=O)C(c5ccccc5)=CC(=O)[C@@]3(c3ccccc3)[C@H]4c3c(O)ccc4ccccc34)C2=O)cc1Cl. The molecule has 6 atom stereocenters. The Hall–Kier alpha value is -5.59. The van der Waals surface area contributed by atoms with Gasteiger partial charge in [-0.2, -0.15) is 0 Å². The summed E-state index contributed by atoms with van der Waals surface area (Å²) in [5.41, 5.74) is 2.79. The lowest BCUT2D eigenvalue weighted by Gasteiger charge is -2.55. The van der Waals surface area contributed by atoms with Gasteiger partial charge < -0.3 is 5.11 Å². The molecule has 1 saturated carbocycles. The molecule has 1 saturated heterocycles. The Labute approximate surface area is 306 Å². The molecule has 2 amide bonds. The molecule has 0 aromatic heterocycles. The first kappa shape index (κ1) is 32.3. The Balaban J connectivity index is 1.31. The smallest absolute Gasteiger partial charge is 0.238 e. The fourth-order valence-electron chi connectivity index (χ4n) is 9.75. The summed E-state index contributed by atoms with van der Waals surface area (Å²) in [4.78, 5) is 60.7. The van der Waals surface area contributed by atoms with Crippen molar-refractivity contribution in [3.63, 3.8) is 0 Å². The number of ketones is 2. The molecule has 5 aromatic rings. The third kappa shape index (κ3) is 4.50. The fraction of sp³-hybridized carbons (Fsp3) is 0.200. The molecule has 52 heavy (non-hydrogen) atoms. The summed E-state index contributed by atoms with van der Waals surface area (Å²) in [6.07, 6.45) is 3.97. The van der Waals surface area contributed by atoms with Crippen molar-refractivity contribution in [2.24, 2.45) is 23.7 Å². The zero-order valence-electron chi connectivity index (χ0n) is 28.3. The zero-order valence-corrected chi connectivity index (χ0v) is 29.1. The minimum Gasteiger partial charge on any atom is -0.508 e. The summed E-state index contributed by atoms with van der Waals surface area (Å²) in [6, 6.07) is 35.0. The molecule has 1 N–H and O–H groups in total. The molecule has 0 unspecified atom stereocenters. The van der Waals surface area contributed by atoms with Crippen molar-refractivity contribution >= 4 is 57.0 Å². The highest BCUT2D eigenvalue weighted by molar-refractivity contribution is 6.33. The van der Waals surface area contributed by atoms with E-state index in [1.54, 1.807) is 24.3 Å². The second-order valence-corrected chi connectivity index (χ2v) is 14.9. The van der Waals surface area contributed by atoms with E-state index in [1.165, 1.54) is 11.0 Å². The highest BCUT2D eigenvalue weighted by atomic mass is 35.5. The number of phenolic OH excluding ortho intramolecular Hbond substituents is 1. The molecule has 6 nitrogen and oxygen atoms in total. The zero-order chi connectivity index (χ0) is 35.9. The Morgan fingerprint density at radius 1 is 0.788 bits per heavy atom. The van der Waals surface area contributed by atoms with Crippen LogP contribution in [0.15, 0.2) is 133 Å². The standard InChI is InChI=1S/C45H34ClNO5/c1-25-16-18-29(22-36(25)46)47-43(51)32-20-19-31-34(39(32)44(47)52)23-35-42(50)33(26-10-4-2-5-11-26)24-38(49)45(35,28-13-6-3-7-14-28)41(31)40-30-15-9-8-12-27(30)17-21-37(40)48/h2-19,21-22,24,32,34-35,39,41,48H,20,23H2,1H3/t32-,34+,35-,39-,41+,45-/m0/s1. The van der Waals surface area contributed by atoms with Crippen LogP contribution in [0.2, 0.25) is 5.02 Å². The first-order valence-electron chi connectivity index (χ1n) is 17.7. The number of nitrogens with zero attached hydrogens (tertiary/aromatic N) is 1. The van der Waals surface area contributed by atoms with Crippen LogP contribution in [0.4, 0.5) is 5.69 Å². The fourth-order valence-corrected chi connectivity index (χ4v) is 9.93. The van der Waals surface area contributed by atoms with Crippen LogP contribution in [0.3, 0.4) is 0 Å². The number of hydrogen-bond acceptors (Lipinski definition) is 5. The summed E-state index contributed by atoms with van der Waals surface area (Å²) in [5, 5.41) is 14.0. The Bertz CT molecular complexity index is 2420. The number of carbonyl (C=O) groups is 4. The number of carbonyl (C=O) groups excluding carboxylic acids is 4. The second-order valence-electron chi connectivity index (χ2n) is 14.5. The predicted molar refractivity (Wildman–Crippen MR) is 201 cm³/mol. The number of Topliss-reactive ketones (excluding diaryl/α,β-unsaturated/α-hetero) is 1. The van der Waals surface area contributed by atoms with Gasteiger partial charge in [-0.15, -0.1) is 0 Å². The average Bonchev–Trinajstić information content (AvgIpc) is 3.43. The Morgan fingerprint density at radius 3 is 2.25 bits per heavy atom. The molecule has 7 heteroatoms. The first-order valence-corrected chi connectivity index (χ1v) is 18.1. The molecule has 1 aliphatic heterocycles. The highest BCUT2D eigenvalue weighted by Gasteiger charge is 2.66. The van der Waals surface area contributed by atoms with Crippen LogP contribution in [0.5, 0.6) is 5.75 Å². The number of phenols is 1. The van der Waals surface area contributed by atoms with Gasteiger partial charge in [0.25, 0.3) is 0 Å². The van der Waals surface area contributed by atoms with E-state index in [9.17, 15) is 14.7 Å². The van der Waals surface area contributed by atoms with Crippen LogP contribution >= 0.6 is 11.6 Å². The Morgan fingerprint density at radius 2 is 1.50 bits per heavy atom. The number of aromatic hydroxyl groups is 1.